The molecule has 5 N–H and O–H groups in total. The van der Waals surface area contributed by atoms with Crippen molar-refractivity contribution in [1.82, 2.24) is 0 Å². The van der Waals surface area contributed by atoms with E-state index in [0.717, 1.165) is 19.3 Å². The molecule has 0 aromatic carbocycles. The first kappa shape index (κ1) is 11.8. The quantitative estimate of drug-likeness (QED) is 0.378. The van der Waals surface area contributed by atoms with Crippen molar-refractivity contribution in [1.29, 1.82) is 0 Å². The van der Waals surface area contributed by atoms with Crippen LogP contribution < -0.4 is 5.73 Å². The fourth-order valence-electron chi connectivity index (χ4n) is 0.992. The largest absolute Gasteiger partial charge is 0.393 e. The Labute approximate surface area is 73.0 Å². The Morgan fingerprint density at radius 3 is 1.75 bits per heavy atom. The molecule has 0 radical (unpaired) electrons. The van der Waals surface area contributed by atoms with E-state index in [-0.39, 0.29) is 12.1 Å². The van der Waals surface area contributed by atoms with Gasteiger partial charge in [-0.25, -0.2) is 0 Å². The standard InChI is InChI=1S/C5H11NO.C3H8O2/c6-4-1-2-5(7)3-4;1-3(2,4)5/h4-5,7H,1-3,6H2;4-5H,1-2H3. The summed E-state index contributed by atoms with van der Waals surface area (Å²) >= 11 is 0. The van der Waals surface area contributed by atoms with Gasteiger partial charge in [0.2, 0.25) is 0 Å². The highest BCUT2D eigenvalue weighted by atomic mass is 16.5. The van der Waals surface area contributed by atoms with Gasteiger partial charge in [-0.05, 0) is 33.1 Å². The van der Waals surface area contributed by atoms with Crippen molar-refractivity contribution in [3.05, 3.63) is 0 Å². The van der Waals surface area contributed by atoms with E-state index in [0.29, 0.717) is 0 Å². The first-order chi connectivity index (χ1) is 5.29. The molecule has 0 spiro atoms. The lowest BCUT2D eigenvalue weighted by Gasteiger charge is -2.03. The molecule has 0 saturated heterocycles. The average Bonchev–Trinajstić information content (AvgIpc) is 2.09. The lowest BCUT2D eigenvalue weighted by molar-refractivity contribution is -0.127. The Bertz CT molecular complexity index is 108. The molecule has 1 fully saturated rings. The van der Waals surface area contributed by atoms with Crippen molar-refractivity contribution < 1.29 is 15.3 Å². The summed E-state index contributed by atoms with van der Waals surface area (Å²) in [6, 6.07) is 0.273. The summed E-state index contributed by atoms with van der Waals surface area (Å²) in [5, 5.41) is 25.0. The van der Waals surface area contributed by atoms with Gasteiger partial charge in [0, 0.05) is 6.04 Å². The molecular formula is C8H19NO3. The zero-order valence-electron chi connectivity index (χ0n) is 7.70. The van der Waals surface area contributed by atoms with Crippen LogP contribution in [0.4, 0.5) is 0 Å². The van der Waals surface area contributed by atoms with Gasteiger partial charge in [0.05, 0.1) is 6.10 Å². The highest BCUT2D eigenvalue weighted by Gasteiger charge is 2.18. The predicted octanol–water partition coefficient (Wildman–Crippen LogP) is -0.434. The van der Waals surface area contributed by atoms with Crippen molar-refractivity contribution >= 4 is 0 Å². The van der Waals surface area contributed by atoms with Crippen molar-refractivity contribution in [2.24, 2.45) is 5.73 Å². The molecule has 4 heteroatoms. The van der Waals surface area contributed by atoms with Crippen molar-refractivity contribution in [2.45, 2.75) is 51.0 Å². The van der Waals surface area contributed by atoms with Crippen LogP contribution in [0.3, 0.4) is 0 Å². The Morgan fingerprint density at radius 2 is 1.67 bits per heavy atom. The molecule has 0 aliphatic heterocycles. The number of nitrogens with two attached hydrogens (primary N) is 1. The summed E-state index contributed by atoms with van der Waals surface area (Å²) in [6.07, 6.45) is 2.61. The highest BCUT2D eigenvalue weighted by Crippen LogP contribution is 2.15. The molecule has 0 amide bonds. The number of hydrogen-bond acceptors (Lipinski definition) is 4. The van der Waals surface area contributed by atoms with E-state index < -0.39 is 5.79 Å². The summed E-state index contributed by atoms with van der Waals surface area (Å²) < 4.78 is 0. The fraction of sp³-hybridized carbons (Fsp3) is 1.00. The van der Waals surface area contributed by atoms with Crippen molar-refractivity contribution in [2.75, 3.05) is 0 Å². The fourth-order valence-corrected chi connectivity index (χ4v) is 0.992. The van der Waals surface area contributed by atoms with Gasteiger partial charge in [0.25, 0.3) is 0 Å². The topological polar surface area (TPSA) is 86.7 Å². The Balaban J connectivity index is 0.000000217. The molecule has 0 heterocycles. The van der Waals surface area contributed by atoms with E-state index >= 15 is 0 Å². The van der Waals surface area contributed by atoms with E-state index in [1.807, 2.05) is 0 Å². The molecule has 2 atom stereocenters. The number of aliphatic hydroxyl groups is 3. The van der Waals surface area contributed by atoms with Gasteiger partial charge in [-0.3, -0.25) is 0 Å². The lowest BCUT2D eigenvalue weighted by atomic mass is 10.3. The third kappa shape index (κ3) is 9.84. The summed E-state index contributed by atoms with van der Waals surface area (Å²) in [5.41, 5.74) is 5.47. The molecule has 74 valence electrons. The van der Waals surface area contributed by atoms with Gasteiger partial charge in [-0.15, -0.1) is 0 Å². The minimum absolute atomic E-state index is 0.102. The van der Waals surface area contributed by atoms with Gasteiger partial charge in [0.1, 0.15) is 0 Å². The van der Waals surface area contributed by atoms with E-state index in [1.165, 1.54) is 13.8 Å². The third-order valence-electron chi connectivity index (χ3n) is 1.45. The summed E-state index contributed by atoms with van der Waals surface area (Å²) in [6.45, 7) is 2.60. The summed E-state index contributed by atoms with van der Waals surface area (Å²) in [5.74, 6) is -1.50. The monoisotopic (exact) mass is 177 g/mol. The van der Waals surface area contributed by atoms with Crippen LogP contribution in [0, 0.1) is 0 Å². The number of aliphatic hydroxyl groups excluding tert-OH is 1. The van der Waals surface area contributed by atoms with Crippen molar-refractivity contribution in [3.8, 4) is 0 Å². The highest BCUT2D eigenvalue weighted by molar-refractivity contribution is 4.76. The predicted molar refractivity (Wildman–Crippen MR) is 46.3 cm³/mol. The summed E-state index contributed by atoms with van der Waals surface area (Å²) in [4.78, 5) is 0. The van der Waals surface area contributed by atoms with E-state index in [4.69, 9.17) is 21.1 Å². The van der Waals surface area contributed by atoms with E-state index in [2.05, 4.69) is 0 Å². The second-order valence-electron chi connectivity index (χ2n) is 3.72. The first-order valence-electron chi connectivity index (χ1n) is 4.17. The number of hydrogen-bond donors (Lipinski definition) is 4. The van der Waals surface area contributed by atoms with E-state index in [9.17, 15) is 0 Å². The molecule has 1 aliphatic carbocycles. The molecule has 0 aromatic rings. The minimum atomic E-state index is -1.50. The maximum absolute atomic E-state index is 8.82. The van der Waals surface area contributed by atoms with E-state index in [1.54, 1.807) is 0 Å². The maximum atomic E-state index is 8.82. The SMILES string of the molecule is CC(C)(O)O.NC1CCC(O)C1. The molecule has 4 nitrogen and oxygen atoms in total. The molecule has 1 saturated carbocycles. The summed E-state index contributed by atoms with van der Waals surface area (Å²) in [7, 11) is 0. The minimum Gasteiger partial charge on any atom is -0.393 e. The van der Waals surface area contributed by atoms with Crippen LogP contribution in [0.1, 0.15) is 33.1 Å². The molecular weight excluding hydrogens is 158 g/mol. The van der Waals surface area contributed by atoms with Crippen LogP contribution >= 0.6 is 0 Å². The zero-order valence-corrected chi connectivity index (χ0v) is 7.70. The van der Waals surface area contributed by atoms with Gasteiger partial charge in [-0.2, -0.15) is 0 Å². The second kappa shape index (κ2) is 4.77. The maximum Gasteiger partial charge on any atom is 0.156 e. The molecule has 1 rings (SSSR count). The van der Waals surface area contributed by atoms with Crippen LogP contribution in [0.15, 0.2) is 0 Å². The van der Waals surface area contributed by atoms with Crippen LogP contribution in [-0.2, 0) is 0 Å². The normalized spacial score (nSPS) is 29.5. The van der Waals surface area contributed by atoms with Gasteiger partial charge in [-0.1, -0.05) is 0 Å². The first-order valence-corrected chi connectivity index (χ1v) is 4.17. The number of rotatable bonds is 0. The van der Waals surface area contributed by atoms with Crippen molar-refractivity contribution in [3.63, 3.8) is 0 Å². The lowest BCUT2D eigenvalue weighted by Crippen LogP contribution is -2.15. The van der Waals surface area contributed by atoms with Crippen LogP contribution in [-0.4, -0.2) is 33.3 Å². The average molecular weight is 177 g/mol. The zero-order chi connectivity index (χ0) is 9.78. The molecule has 0 bridgehead atoms. The van der Waals surface area contributed by atoms with Gasteiger partial charge in [0.15, 0.2) is 5.79 Å². The van der Waals surface area contributed by atoms with Gasteiger partial charge < -0.3 is 21.1 Å². The van der Waals surface area contributed by atoms with Crippen LogP contribution in [0.2, 0.25) is 0 Å². The molecule has 0 aromatic heterocycles. The Hall–Kier alpha value is -0.160. The molecule has 12 heavy (non-hydrogen) atoms. The Kier molecular flexibility index (Phi) is 4.70. The van der Waals surface area contributed by atoms with Crippen LogP contribution in [0.25, 0.3) is 0 Å². The smallest absolute Gasteiger partial charge is 0.156 e. The third-order valence-corrected chi connectivity index (χ3v) is 1.45. The molecule has 2 unspecified atom stereocenters. The Morgan fingerprint density at radius 1 is 1.25 bits per heavy atom. The second-order valence-corrected chi connectivity index (χ2v) is 3.72. The molecule has 1 aliphatic rings. The van der Waals surface area contributed by atoms with Crippen LogP contribution in [0.5, 0.6) is 0 Å². The van der Waals surface area contributed by atoms with Gasteiger partial charge >= 0.3 is 0 Å².